The van der Waals surface area contributed by atoms with E-state index >= 15 is 0 Å². The van der Waals surface area contributed by atoms with Crippen LogP contribution in [0.2, 0.25) is 0 Å². The van der Waals surface area contributed by atoms with E-state index in [1.54, 1.807) is 0 Å². The van der Waals surface area contributed by atoms with Gasteiger partial charge in [0.2, 0.25) is 0 Å². The van der Waals surface area contributed by atoms with Crippen LogP contribution in [-0.4, -0.2) is 39.0 Å². The number of hydrogen-bond acceptors (Lipinski definition) is 6. The molecule has 0 fully saturated rings. The highest BCUT2D eigenvalue weighted by Gasteiger charge is 2.22. The first-order valence-electron chi connectivity index (χ1n) is 31.6. The predicted molar refractivity (Wildman–Crippen MR) is 387 cm³/mol. The van der Waals surface area contributed by atoms with Crippen LogP contribution in [0, 0.1) is 0 Å². The predicted octanol–water partition coefficient (Wildman–Crippen LogP) is 21.6. The summed E-state index contributed by atoms with van der Waals surface area (Å²) in [4.78, 5) is 29.5. The van der Waals surface area contributed by atoms with Gasteiger partial charge in [-0.25, -0.2) is 29.9 Å². The Labute approximate surface area is 542 Å². The third-order valence-corrected chi connectivity index (χ3v) is 17.7. The molecule has 0 bridgehead atoms. The standard InChI is InChI=1S/2C43H28N4/c1-4-13-29(14-5-1)35-21-12-22-38-39(35)37-28-25-30-15-10-11-20-36(30)40(37)47(38)34-26-23-33(24-27-34)43-45-41(31-16-6-2-7-17-31)44-42(46-43)32-18-8-3-9-19-32;1-4-13-29(14-5-1)36-21-12-22-38-40(36)37-27-33-19-10-11-20-34(33)28-39(37)47(38)35-25-23-32(24-26-35)43-45-41(30-15-6-2-7-16-30)44-42(46-43)31-17-8-3-9-18-31/h2*1-28H. The topological polar surface area (TPSA) is 87.2 Å². The molecule has 4 heterocycles. The van der Waals surface area contributed by atoms with Gasteiger partial charge in [0.05, 0.1) is 22.1 Å². The maximum atomic E-state index is 4.95. The molecule has 0 aliphatic carbocycles. The Kier molecular flexibility index (Phi) is 14.0. The zero-order valence-electron chi connectivity index (χ0n) is 50.9. The first-order valence-corrected chi connectivity index (χ1v) is 31.6. The molecular formula is C86H56N8. The van der Waals surface area contributed by atoms with Crippen molar-refractivity contribution in [2.24, 2.45) is 0 Å². The van der Waals surface area contributed by atoms with Crippen molar-refractivity contribution in [2.75, 3.05) is 0 Å². The van der Waals surface area contributed by atoms with E-state index in [0.29, 0.717) is 34.9 Å². The van der Waals surface area contributed by atoms with E-state index in [2.05, 4.69) is 228 Å². The van der Waals surface area contributed by atoms with Gasteiger partial charge in [0.25, 0.3) is 0 Å². The molecular weight excluding hydrogens is 1150 g/mol. The van der Waals surface area contributed by atoms with Crippen LogP contribution in [-0.2, 0) is 0 Å². The fourth-order valence-corrected chi connectivity index (χ4v) is 13.2. The SMILES string of the molecule is c1ccc(-c2nc(-c3ccccc3)nc(-c3ccc(-n4c5cc6ccccc6cc5c5c(-c6ccccc6)cccc54)cc3)n2)cc1.c1ccc(-c2nc(-c3ccccc3)nc(-c3ccc(-n4c5cccc(-c6ccccc6)c5c5ccc6ccccc6c54)cc3)n2)cc1. The first-order chi connectivity index (χ1) is 46.6. The van der Waals surface area contributed by atoms with Crippen LogP contribution in [0.3, 0.4) is 0 Å². The number of aromatic nitrogens is 8. The molecule has 0 N–H and O–H groups in total. The first kappa shape index (κ1) is 55.3. The van der Waals surface area contributed by atoms with Crippen molar-refractivity contribution in [3.05, 3.63) is 340 Å². The Morgan fingerprint density at radius 3 is 0.947 bits per heavy atom. The van der Waals surface area contributed by atoms with Crippen molar-refractivity contribution in [2.45, 2.75) is 0 Å². The van der Waals surface area contributed by atoms with Crippen molar-refractivity contribution in [3.63, 3.8) is 0 Å². The molecule has 8 nitrogen and oxygen atoms in total. The summed E-state index contributed by atoms with van der Waals surface area (Å²) in [6.07, 6.45) is 0. The largest absolute Gasteiger partial charge is 0.309 e. The fraction of sp³-hybridized carbons (Fsp3) is 0. The van der Waals surface area contributed by atoms with E-state index in [0.717, 1.165) is 44.8 Å². The molecule has 0 unspecified atom stereocenters. The van der Waals surface area contributed by atoms with Crippen LogP contribution in [0.1, 0.15) is 0 Å². The second kappa shape index (κ2) is 23.9. The summed E-state index contributed by atoms with van der Waals surface area (Å²) in [6, 6.07) is 119. The molecule has 0 aliphatic heterocycles. The summed E-state index contributed by atoms with van der Waals surface area (Å²) in [6.45, 7) is 0. The van der Waals surface area contributed by atoms with Gasteiger partial charge in [0.15, 0.2) is 34.9 Å². The Hall–Kier alpha value is -12.8. The molecule has 0 amide bonds. The second-order valence-electron chi connectivity index (χ2n) is 23.4. The molecule has 18 rings (SSSR count). The molecule has 0 saturated heterocycles. The quantitative estimate of drug-likeness (QED) is 0.136. The number of fused-ring (bicyclic) bond motifs is 9. The van der Waals surface area contributed by atoms with Crippen LogP contribution in [0.5, 0.6) is 0 Å². The Morgan fingerprint density at radius 2 is 0.521 bits per heavy atom. The van der Waals surface area contributed by atoms with Crippen molar-refractivity contribution < 1.29 is 0 Å². The van der Waals surface area contributed by atoms with Gasteiger partial charge in [-0.2, -0.15) is 0 Å². The summed E-state index contributed by atoms with van der Waals surface area (Å²) in [5.74, 6) is 3.90. The second-order valence-corrected chi connectivity index (χ2v) is 23.4. The molecule has 440 valence electrons. The molecule has 8 heteroatoms. The molecule has 14 aromatic carbocycles. The smallest absolute Gasteiger partial charge is 0.164 e. The van der Waals surface area contributed by atoms with Gasteiger partial charge in [0, 0.05) is 71.7 Å². The molecule has 0 atom stereocenters. The molecule has 4 aromatic heterocycles. The average molecular weight is 1200 g/mol. The molecule has 0 aliphatic rings. The number of hydrogen-bond donors (Lipinski definition) is 0. The molecule has 0 saturated carbocycles. The summed E-state index contributed by atoms with van der Waals surface area (Å²) in [7, 11) is 0. The minimum atomic E-state index is 0.642. The minimum Gasteiger partial charge on any atom is -0.309 e. The zero-order chi connectivity index (χ0) is 62.3. The number of nitrogens with zero attached hydrogens (tertiary/aromatic N) is 8. The number of rotatable bonds is 10. The lowest BCUT2D eigenvalue weighted by Crippen LogP contribution is -2.00. The van der Waals surface area contributed by atoms with E-state index in [4.69, 9.17) is 29.9 Å². The summed E-state index contributed by atoms with van der Waals surface area (Å²) < 4.78 is 4.78. The van der Waals surface area contributed by atoms with Gasteiger partial charge in [-0.1, -0.05) is 267 Å². The van der Waals surface area contributed by atoms with E-state index in [-0.39, 0.29) is 0 Å². The van der Waals surface area contributed by atoms with Crippen LogP contribution < -0.4 is 0 Å². The van der Waals surface area contributed by atoms with E-state index in [9.17, 15) is 0 Å². The fourth-order valence-electron chi connectivity index (χ4n) is 13.2. The van der Waals surface area contributed by atoms with Crippen molar-refractivity contribution in [1.82, 2.24) is 39.0 Å². The van der Waals surface area contributed by atoms with E-state index < -0.39 is 0 Å². The molecule has 0 radical (unpaired) electrons. The lowest BCUT2D eigenvalue weighted by molar-refractivity contribution is 1.07. The highest BCUT2D eigenvalue weighted by molar-refractivity contribution is 6.22. The highest BCUT2D eigenvalue weighted by atomic mass is 15.0. The third kappa shape index (κ3) is 10.2. The maximum Gasteiger partial charge on any atom is 0.164 e. The van der Waals surface area contributed by atoms with Crippen molar-refractivity contribution in [1.29, 1.82) is 0 Å². The Bertz CT molecular complexity index is 5620. The Morgan fingerprint density at radius 1 is 0.191 bits per heavy atom. The third-order valence-electron chi connectivity index (χ3n) is 17.7. The van der Waals surface area contributed by atoms with Crippen LogP contribution in [0.4, 0.5) is 0 Å². The molecule has 18 aromatic rings. The average Bonchev–Trinajstić information content (AvgIpc) is 1.58. The van der Waals surface area contributed by atoms with Gasteiger partial charge in [-0.05, 0) is 111 Å². The van der Waals surface area contributed by atoms with Crippen LogP contribution in [0.15, 0.2) is 340 Å². The van der Waals surface area contributed by atoms with Crippen LogP contribution >= 0.6 is 0 Å². The van der Waals surface area contributed by atoms with Gasteiger partial charge < -0.3 is 9.13 Å². The van der Waals surface area contributed by atoms with Gasteiger partial charge in [0.1, 0.15) is 0 Å². The van der Waals surface area contributed by atoms with E-state index in [1.807, 2.05) is 121 Å². The molecule has 94 heavy (non-hydrogen) atoms. The zero-order valence-corrected chi connectivity index (χ0v) is 50.9. The lowest BCUT2D eigenvalue weighted by Gasteiger charge is -2.12. The minimum absolute atomic E-state index is 0.642. The summed E-state index contributed by atoms with van der Waals surface area (Å²) >= 11 is 0. The van der Waals surface area contributed by atoms with Crippen molar-refractivity contribution >= 4 is 65.2 Å². The van der Waals surface area contributed by atoms with Crippen molar-refractivity contribution in [3.8, 4) is 102 Å². The monoisotopic (exact) mass is 1200 g/mol. The maximum absolute atomic E-state index is 4.95. The lowest BCUT2D eigenvalue weighted by atomic mass is 9.98. The normalized spacial score (nSPS) is 11.4. The highest BCUT2D eigenvalue weighted by Crippen LogP contribution is 2.43. The number of benzene rings is 14. The van der Waals surface area contributed by atoms with Gasteiger partial charge in [-0.15, -0.1) is 0 Å². The Balaban J connectivity index is 0.000000143. The van der Waals surface area contributed by atoms with Gasteiger partial charge in [-0.3, -0.25) is 0 Å². The summed E-state index contributed by atoms with van der Waals surface area (Å²) in [5.41, 5.74) is 17.4. The van der Waals surface area contributed by atoms with Crippen LogP contribution in [0.25, 0.3) is 167 Å². The summed E-state index contributed by atoms with van der Waals surface area (Å²) in [5, 5.41) is 9.86. The van der Waals surface area contributed by atoms with Gasteiger partial charge >= 0.3 is 0 Å². The molecule has 0 spiro atoms. The van der Waals surface area contributed by atoms with E-state index in [1.165, 1.54) is 87.4 Å².